The van der Waals surface area contributed by atoms with Crippen LogP contribution in [-0.4, -0.2) is 38.4 Å². The van der Waals surface area contributed by atoms with Crippen LogP contribution < -0.4 is 5.32 Å². The van der Waals surface area contributed by atoms with Gasteiger partial charge in [-0.15, -0.1) is 0 Å². The van der Waals surface area contributed by atoms with E-state index in [-0.39, 0.29) is 18.2 Å². The van der Waals surface area contributed by atoms with E-state index in [0.717, 1.165) is 34.4 Å². The van der Waals surface area contributed by atoms with Gasteiger partial charge in [0.05, 0.1) is 11.9 Å². The zero-order valence-electron chi connectivity index (χ0n) is 16.9. The van der Waals surface area contributed by atoms with Crippen molar-refractivity contribution in [2.45, 2.75) is 45.7 Å². The van der Waals surface area contributed by atoms with Crippen molar-refractivity contribution in [3.63, 3.8) is 0 Å². The number of amides is 3. The van der Waals surface area contributed by atoms with Gasteiger partial charge in [-0.25, -0.2) is 0 Å². The summed E-state index contributed by atoms with van der Waals surface area (Å²) in [7, 11) is 1.92. The highest BCUT2D eigenvalue weighted by Crippen LogP contribution is 2.34. The number of imide groups is 1. The van der Waals surface area contributed by atoms with Gasteiger partial charge in [0.1, 0.15) is 6.04 Å². The van der Waals surface area contributed by atoms with Crippen LogP contribution in [0.15, 0.2) is 30.5 Å². The fourth-order valence-electron chi connectivity index (χ4n) is 4.26. The van der Waals surface area contributed by atoms with Crippen LogP contribution in [0.4, 0.5) is 0 Å². The highest BCUT2D eigenvalue weighted by molar-refractivity contribution is 6.05. The van der Waals surface area contributed by atoms with E-state index in [1.807, 2.05) is 36.1 Å². The third-order valence-electron chi connectivity index (χ3n) is 5.66. The lowest BCUT2D eigenvalue weighted by molar-refractivity contribution is -0.136. The maximum Gasteiger partial charge on any atom is 0.255 e. The Bertz CT molecular complexity index is 1050. The predicted molar refractivity (Wildman–Crippen MR) is 109 cm³/mol. The molecule has 3 heterocycles. The Morgan fingerprint density at radius 1 is 1.28 bits per heavy atom. The summed E-state index contributed by atoms with van der Waals surface area (Å²) in [5.41, 5.74) is 5.73. The Morgan fingerprint density at radius 2 is 2.07 bits per heavy atom. The van der Waals surface area contributed by atoms with Gasteiger partial charge in [-0.1, -0.05) is 19.1 Å². The van der Waals surface area contributed by atoms with Gasteiger partial charge in [0.15, 0.2) is 0 Å². The van der Waals surface area contributed by atoms with Gasteiger partial charge in [-0.05, 0) is 48.6 Å². The molecule has 2 aliphatic heterocycles. The number of hydrogen-bond donors (Lipinski definition) is 1. The summed E-state index contributed by atoms with van der Waals surface area (Å²) in [6, 6.07) is 5.18. The molecule has 1 fully saturated rings. The van der Waals surface area contributed by atoms with Crippen LogP contribution in [0.3, 0.4) is 0 Å². The normalized spacial score (nSPS) is 19.6. The maximum atomic E-state index is 12.9. The molecule has 7 nitrogen and oxygen atoms in total. The molecule has 150 valence electrons. The molecule has 0 bridgehead atoms. The number of aryl methyl sites for hydroxylation is 1. The SMILES string of the molecule is CC/C=C(\C)c1c(-c2ccc3c(c2)CN(C2CCC(=O)NC2=O)C3=O)cnn1C. The number of aromatic nitrogens is 2. The quantitative estimate of drug-likeness (QED) is 0.811. The van der Waals surface area contributed by atoms with E-state index in [1.165, 1.54) is 0 Å². The van der Waals surface area contributed by atoms with Gasteiger partial charge >= 0.3 is 0 Å². The maximum absolute atomic E-state index is 12.9. The number of carbonyl (C=O) groups is 3. The molecule has 0 radical (unpaired) electrons. The van der Waals surface area contributed by atoms with Gasteiger partial charge < -0.3 is 4.90 Å². The number of nitrogens with one attached hydrogen (secondary N) is 1. The van der Waals surface area contributed by atoms with Crippen molar-refractivity contribution in [2.24, 2.45) is 7.05 Å². The van der Waals surface area contributed by atoms with Crippen LogP contribution in [0.2, 0.25) is 0 Å². The highest BCUT2D eigenvalue weighted by atomic mass is 16.2. The Morgan fingerprint density at radius 3 is 2.79 bits per heavy atom. The van der Waals surface area contributed by atoms with E-state index in [2.05, 4.69) is 30.3 Å². The van der Waals surface area contributed by atoms with Crippen LogP contribution in [0.1, 0.15) is 54.7 Å². The Kier molecular flexibility index (Phi) is 4.82. The Labute approximate surface area is 169 Å². The first-order valence-corrected chi connectivity index (χ1v) is 9.87. The molecule has 2 aliphatic rings. The van der Waals surface area contributed by atoms with E-state index in [9.17, 15) is 14.4 Å². The average molecular weight is 392 g/mol. The average Bonchev–Trinajstić information content (AvgIpc) is 3.22. The summed E-state index contributed by atoms with van der Waals surface area (Å²) in [5, 5.41) is 6.76. The van der Waals surface area contributed by atoms with Crippen molar-refractivity contribution in [3.05, 3.63) is 47.3 Å². The van der Waals surface area contributed by atoms with E-state index < -0.39 is 11.9 Å². The van der Waals surface area contributed by atoms with Crippen molar-refractivity contribution in [2.75, 3.05) is 0 Å². The summed E-state index contributed by atoms with van der Waals surface area (Å²) >= 11 is 0. The van der Waals surface area contributed by atoms with Crippen molar-refractivity contribution in [3.8, 4) is 11.1 Å². The molecule has 1 aromatic carbocycles. The van der Waals surface area contributed by atoms with Crippen molar-refractivity contribution in [1.82, 2.24) is 20.0 Å². The number of nitrogens with zero attached hydrogens (tertiary/aromatic N) is 3. The van der Waals surface area contributed by atoms with E-state index in [0.29, 0.717) is 18.5 Å². The number of piperidine rings is 1. The number of allylic oxidation sites excluding steroid dienone is 2. The highest BCUT2D eigenvalue weighted by Gasteiger charge is 2.39. The van der Waals surface area contributed by atoms with Crippen LogP contribution in [0.25, 0.3) is 16.7 Å². The molecule has 0 aliphatic carbocycles. The third kappa shape index (κ3) is 3.26. The van der Waals surface area contributed by atoms with E-state index in [1.54, 1.807) is 4.90 Å². The lowest BCUT2D eigenvalue weighted by Crippen LogP contribution is -2.52. The van der Waals surface area contributed by atoms with Gasteiger partial charge in [0, 0.05) is 31.1 Å². The molecule has 2 aromatic rings. The zero-order chi connectivity index (χ0) is 20.7. The topological polar surface area (TPSA) is 84.3 Å². The number of rotatable bonds is 4. The summed E-state index contributed by atoms with van der Waals surface area (Å²) in [6.07, 6.45) is 5.58. The van der Waals surface area contributed by atoms with Gasteiger partial charge in [0.2, 0.25) is 11.8 Å². The standard InChI is InChI=1S/C22H24N4O3/c1-4-5-13(2)20-17(11-23-25(20)3)14-6-7-16-15(10-14)12-26(22(16)29)18-8-9-19(27)24-21(18)28/h5-7,10-11,18H,4,8-9,12H2,1-3H3,(H,24,27,28)/b13-5+. The number of hydrogen-bond acceptors (Lipinski definition) is 4. The van der Waals surface area contributed by atoms with Gasteiger partial charge in [-0.3, -0.25) is 24.4 Å². The molecular weight excluding hydrogens is 368 g/mol. The molecule has 1 atom stereocenters. The fraction of sp³-hybridized carbons (Fsp3) is 0.364. The third-order valence-corrected chi connectivity index (χ3v) is 5.66. The van der Waals surface area contributed by atoms with E-state index in [4.69, 9.17) is 0 Å². The van der Waals surface area contributed by atoms with Crippen LogP contribution in [-0.2, 0) is 23.2 Å². The van der Waals surface area contributed by atoms with Gasteiger partial charge in [-0.2, -0.15) is 5.10 Å². The molecule has 4 rings (SSSR count). The van der Waals surface area contributed by atoms with Crippen LogP contribution >= 0.6 is 0 Å². The van der Waals surface area contributed by atoms with Crippen molar-refractivity contribution in [1.29, 1.82) is 0 Å². The summed E-state index contributed by atoms with van der Waals surface area (Å²) in [4.78, 5) is 38.1. The molecule has 29 heavy (non-hydrogen) atoms. The molecule has 0 saturated carbocycles. The largest absolute Gasteiger partial charge is 0.322 e. The van der Waals surface area contributed by atoms with Gasteiger partial charge in [0.25, 0.3) is 5.91 Å². The monoisotopic (exact) mass is 392 g/mol. The first kappa shape index (κ1) is 19.1. The molecule has 1 saturated heterocycles. The zero-order valence-corrected chi connectivity index (χ0v) is 16.9. The minimum atomic E-state index is -0.597. The molecule has 0 spiro atoms. The summed E-state index contributed by atoms with van der Waals surface area (Å²) in [6.45, 7) is 4.55. The number of carbonyl (C=O) groups excluding carboxylic acids is 3. The lowest BCUT2D eigenvalue weighted by atomic mass is 9.98. The van der Waals surface area contributed by atoms with Crippen molar-refractivity contribution < 1.29 is 14.4 Å². The Balaban J connectivity index is 1.66. The molecule has 3 amide bonds. The van der Waals surface area contributed by atoms with Crippen LogP contribution in [0.5, 0.6) is 0 Å². The number of fused-ring (bicyclic) bond motifs is 1. The smallest absolute Gasteiger partial charge is 0.255 e. The molecule has 1 N–H and O–H groups in total. The molecule has 7 heteroatoms. The van der Waals surface area contributed by atoms with Crippen LogP contribution in [0, 0.1) is 0 Å². The number of benzene rings is 1. The van der Waals surface area contributed by atoms with E-state index >= 15 is 0 Å². The molecule has 1 aromatic heterocycles. The second-order valence-corrected chi connectivity index (χ2v) is 7.60. The molecule has 1 unspecified atom stereocenters. The van der Waals surface area contributed by atoms with Crippen molar-refractivity contribution >= 4 is 23.3 Å². The second kappa shape index (κ2) is 7.31. The fourth-order valence-corrected chi connectivity index (χ4v) is 4.26. The molecular formula is C22H24N4O3. The first-order chi connectivity index (χ1) is 13.9. The first-order valence-electron chi connectivity index (χ1n) is 9.87. The predicted octanol–water partition coefficient (Wildman–Crippen LogP) is 2.66. The summed E-state index contributed by atoms with van der Waals surface area (Å²) < 4.78 is 1.87. The summed E-state index contributed by atoms with van der Waals surface area (Å²) in [5.74, 6) is -0.829. The minimum Gasteiger partial charge on any atom is -0.322 e. The Hall–Kier alpha value is -3.22. The minimum absolute atomic E-state index is 0.158. The second-order valence-electron chi connectivity index (χ2n) is 7.60. The lowest BCUT2D eigenvalue weighted by Gasteiger charge is -2.29.